The zero-order valence-corrected chi connectivity index (χ0v) is 14.5. The quantitative estimate of drug-likeness (QED) is 0.306. The molecule has 0 aliphatic rings. The Balaban J connectivity index is 2.01. The summed E-state index contributed by atoms with van der Waals surface area (Å²) in [6, 6.07) is 13.7. The molecule has 9 heteroatoms. The van der Waals surface area contributed by atoms with Gasteiger partial charge in [0.2, 0.25) is 4.77 Å². The van der Waals surface area contributed by atoms with Crippen molar-refractivity contribution in [2.75, 3.05) is 0 Å². The number of hydrogen-bond acceptors (Lipinski definition) is 5. The second kappa shape index (κ2) is 6.85. The summed E-state index contributed by atoms with van der Waals surface area (Å²) in [7, 11) is 0. The highest BCUT2D eigenvalue weighted by molar-refractivity contribution is 9.10. The van der Waals surface area contributed by atoms with Crippen LogP contribution in [0.2, 0.25) is 0 Å². The lowest BCUT2D eigenvalue weighted by molar-refractivity contribution is -0.384. The van der Waals surface area contributed by atoms with Gasteiger partial charge in [-0.25, -0.2) is 5.10 Å². The van der Waals surface area contributed by atoms with E-state index in [1.165, 1.54) is 23.0 Å². The van der Waals surface area contributed by atoms with E-state index in [1.54, 1.807) is 12.1 Å². The highest BCUT2D eigenvalue weighted by Gasteiger charge is 2.11. The Labute approximate surface area is 149 Å². The van der Waals surface area contributed by atoms with Gasteiger partial charge in [-0.3, -0.25) is 10.1 Å². The van der Waals surface area contributed by atoms with Crippen molar-refractivity contribution in [1.29, 1.82) is 0 Å². The summed E-state index contributed by atoms with van der Waals surface area (Å²) >= 11 is 8.68. The Kier molecular flexibility index (Phi) is 4.63. The van der Waals surface area contributed by atoms with Crippen LogP contribution in [0.15, 0.2) is 58.1 Å². The van der Waals surface area contributed by atoms with E-state index < -0.39 is 4.92 Å². The molecule has 3 rings (SSSR count). The summed E-state index contributed by atoms with van der Waals surface area (Å²) in [6.07, 6.45) is 1.50. The molecule has 0 bridgehead atoms. The van der Waals surface area contributed by atoms with E-state index in [1.807, 2.05) is 24.3 Å². The molecule has 3 aromatic rings. The van der Waals surface area contributed by atoms with Crippen molar-refractivity contribution < 1.29 is 4.92 Å². The molecule has 0 atom stereocenters. The molecule has 0 amide bonds. The molecule has 0 saturated heterocycles. The van der Waals surface area contributed by atoms with Crippen LogP contribution in [0.5, 0.6) is 0 Å². The molecule has 1 N–H and O–H groups in total. The number of nitrogens with zero attached hydrogens (tertiary/aromatic N) is 4. The van der Waals surface area contributed by atoms with Gasteiger partial charge in [0.05, 0.1) is 11.1 Å². The van der Waals surface area contributed by atoms with E-state index in [9.17, 15) is 10.1 Å². The van der Waals surface area contributed by atoms with E-state index in [0.29, 0.717) is 16.2 Å². The molecule has 0 unspecified atom stereocenters. The molecule has 2 aromatic carbocycles. The van der Waals surface area contributed by atoms with Crippen LogP contribution < -0.4 is 0 Å². The standard InChI is InChI=1S/C15H10BrN5O2S/c16-13-7-2-1-6-12(13)14-18-19-15(24)20(14)17-9-10-4-3-5-11(8-10)21(22)23/h1-9H,(H,19,24)/b17-9+. The lowest BCUT2D eigenvalue weighted by Crippen LogP contribution is -1.96. The minimum absolute atomic E-state index is 0.000711. The Morgan fingerprint density at radius 2 is 2.08 bits per heavy atom. The molecule has 0 fully saturated rings. The number of hydrogen-bond donors (Lipinski definition) is 1. The van der Waals surface area contributed by atoms with Gasteiger partial charge in [0.15, 0.2) is 5.82 Å². The zero-order valence-electron chi connectivity index (χ0n) is 12.1. The van der Waals surface area contributed by atoms with Crippen LogP contribution in [0, 0.1) is 14.9 Å². The van der Waals surface area contributed by atoms with Crippen LogP contribution in [-0.2, 0) is 0 Å². The molecule has 24 heavy (non-hydrogen) atoms. The number of rotatable bonds is 4. The maximum atomic E-state index is 10.8. The van der Waals surface area contributed by atoms with Crippen LogP contribution >= 0.6 is 28.1 Å². The number of halogens is 1. The second-order valence-electron chi connectivity index (χ2n) is 4.74. The van der Waals surface area contributed by atoms with Gasteiger partial charge < -0.3 is 0 Å². The zero-order chi connectivity index (χ0) is 17.1. The Hall–Kier alpha value is -2.65. The lowest BCUT2D eigenvalue weighted by Gasteiger charge is -2.03. The first-order valence-corrected chi connectivity index (χ1v) is 7.97. The third kappa shape index (κ3) is 3.31. The maximum absolute atomic E-state index is 10.8. The van der Waals surface area contributed by atoms with Crippen LogP contribution in [0.4, 0.5) is 5.69 Å². The topological polar surface area (TPSA) is 89.1 Å². The first-order valence-electron chi connectivity index (χ1n) is 6.77. The maximum Gasteiger partial charge on any atom is 0.270 e. The monoisotopic (exact) mass is 403 g/mol. The highest BCUT2D eigenvalue weighted by atomic mass is 79.9. The van der Waals surface area contributed by atoms with Crippen LogP contribution in [-0.4, -0.2) is 26.0 Å². The van der Waals surface area contributed by atoms with Gasteiger partial charge in [-0.05, 0) is 24.4 Å². The van der Waals surface area contributed by atoms with Crippen LogP contribution in [0.3, 0.4) is 0 Å². The summed E-state index contributed by atoms with van der Waals surface area (Å²) in [5.41, 5.74) is 1.41. The Bertz CT molecular complexity index is 995. The largest absolute Gasteiger partial charge is 0.270 e. The van der Waals surface area contributed by atoms with Crippen LogP contribution in [0.1, 0.15) is 5.56 Å². The van der Waals surface area contributed by atoms with E-state index in [2.05, 4.69) is 31.2 Å². The number of nitro benzene ring substituents is 1. The van der Waals surface area contributed by atoms with Gasteiger partial charge in [-0.1, -0.05) is 40.2 Å². The fourth-order valence-corrected chi connectivity index (χ4v) is 2.70. The highest BCUT2D eigenvalue weighted by Crippen LogP contribution is 2.26. The minimum atomic E-state index is -0.451. The van der Waals surface area contributed by atoms with Gasteiger partial charge in [0.25, 0.3) is 5.69 Å². The van der Waals surface area contributed by atoms with E-state index in [-0.39, 0.29) is 5.69 Å². The van der Waals surface area contributed by atoms with Crippen molar-refractivity contribution in [3.63, 3.8) is 0 Å². The molecule has 0 aliphatic heterocycles. The number of H-pyrrole nitrogens is 1. The van der Waals surface area contributed by atoms with Crippen molar-refractivity contribution >= 4 is 40.0 Å². The molecule has 120 valence electrons. The molecule has 1 heterocycles. The number of nitro groups is 1. The number of benzene rings is 2. The fraction of sp³-hybridized carbons (Fsp3) is 0. The van der Waals surface area contributed by atoms with Crippen molar-refractivity contribution in [3.8, 4) is 11.4 Å². The minimum Gasteiger partial charge on any atom is -0.258 e. The van der Waals surface area contributed by atoms with E-state index >= 15 is 0 Å². The van der Waals surface area contributed by atoms with Crippen molar-refractivity contribution in [2.24, 2.45) is 5.10 Å². The summed E-state index contributed by atoms with van der Waals surface area (Å²) in [5.74, 6) is 0.536. The molecule has 0 radical (unpaired) electrons. The predicted octanol–water partition coefficient (Wildman–Crippen LogP) is 4.16. The lowest BCUT2D eigenvalue weighted by atomic mass is 10.2. The molecule has 0 spiro atoms. The number of aromatic amines is 1. The van der Waals surface area contributed by atoms with Gasteiger partial charge in [0, 0.05) is 27.7 Å². The first kappa shape index (κ1) is 16.2. The number of non-ortho nitro benzene ring substituents is 1. The fourth-order valence-electron chi connectivity index (χ4n) is 2.06. The van der Waals surface area contributed by atoms with Gasteiger partial charge in [-0.2, -0.15) is 14.9 Å². The molecular formula is C15H10BrN5O2S. The smallest absolute Gasteiger partial charge is 0.258 e. The molecule has 7 nitrogen and oxygen atoms in total. The summed E-state index contributed by atoms with van der Waals surface area (Å²) in [5, 5.41) is 22.0. The van der Waals surface area contributed by atoms with Crippen LogP contribution in [0.25, 0.3) is 11.4 Å². The average molecular weight is 404 g/mol. The summed E-state index contributed by atoms with van der Waals surface area (Å²) in [6.45, 7) is 0. The van der Waals surface area contributed by atoms with Gasteiger partial charge >= 0.3 is 0 Å². The SMILES string of the molecule is O=[N+]([O-])c1cccc(/C=N/n2c(-c3ccccc3Br)n[nH]c2=S)c1. The summed E-state index contributed by atoms with van der Waals surface area (Å²) < 4.78 is 2.64. The van der Waals surface area contributed by atoms with Crippen molar-refractivity contribution in [3.05, 3.63) is 73.5 Å². The van der Waals surface area contributed by atoms with Gasteiger partial charge in [-0.15, -0.1) is 0 Å². The third-order valence-corrected chi connectivity index (χ3v) is 4.12. The molecular weight excluding hydrogens is 394 g/mol. The third-order valence-electron chi connectivity index (χ3n) is 3.17. The first-order chi connectivity index (χ1) is 11.6. The van der Waals surface area contributed by atoms with E-state index in [4.69, 9.17) is 12.2 Å². The van der Waals surface area contributed by atoms with Crippen molar-refractivity contribution in [2.45, 2.75) is 0 Å². The average Bonchev–Trinajstić information content (AvgIpc) is 2.94. The Morgan fingerprint density at radius 3 is 2.83 bits per heavy atom. The molecule has 0 aliphatic carbocycles. The summed E-state index contributed by atoms with van der Waals surface area (Å²) in [4.78, 5) is 10.4. The molecule has 1 aromatic heterocycles. The normalized spacial score (nSPS) is 11.0. The second-order valence-corrected chi connectivity index (χ2v) is 5.98. The molecule has 0 saturated carbocycles. The van der Waals surface area contributed by atoms with E-state index in [0.717, 1.165) is 10.0 Å². The van der Waals surface area contributed by atoms with Gasteiger partial charge in [0.1, 0.15) is 0 Å². The van der Waals surface area contributed by atoms with Crippen molar-refractivity contribution in [1.82, 2.24) is 14.9 Å². The number of nitrogens with one attached hydrogen (secondary N) is 1. The number of aromatic nitrogens is 3. The Morgan fingerprint density at radius 1 is 1.29 bits per heavy atom. The predicted molar refractivity (Wildman–Crippen MR) is 96.6 cm³/mol.